The van der Waals surface area contributed by atoms with E-state index in [-0.39, 0.29) is 0 Å². The highest BCUT2D eigenvalue weighted by Gasteiger charge is 2.47. The lowest BCUT2D eigenvalue weighted by molar-refractivity contribution is -0.152. The minimum Gasteiger partial charge on any atom is -0.481 e. The maximum Gasteiger partial charge on any atom is 0.309 e. The zero-order valence-corrected chi connectivity index (χ0v) is 9.55. The smallest absolute Gasteiger partial charge is 0.309 e. The fraction of sp³-hybridized carbons (Fsp3) is 0.917. The van der Waals surface area contributed by atoms with Gasteiger partial charge in [0.2, 0.25) is 0 Å². The molecule has 0 bridgehead atoms. The van der Waals surface area contributed by atoms with Crippen LogP contribution in [-0.4, -0.2) is 11.1 Å². The third-order valence-corrected chi connectivity index (χ3v) is 4.21. The van der Waals surface area contributed by atoms with Gasteiger partial charge in [-0.15, -0.1) is 0 Å². The van der Waals surface area contributed by atoms with Crippen molar-refractivity contribution in [1.82, 2.24) is 0 Å². The lowest BCUT2D eigenvalue weighted by Crippen LogP contribution is -2.34. The van der Waals surface area contributed by atoms with Gasteiger partial charge < -0.3 is 5.11 Å². The van der Waals surface area contributed by atoms with Crippen LogP contribution >= 0.6 is 0 Å². The highest BCUT2D eigenvalue weighted by molar-refractivity contribution is 5.75. The van der Waals surface area contributed by atoms with Crippen LogP contribution in [0, 0.1) is 17.3 Å². The number of hydrogen-bond donors (Lipinski definition) is 1. The van der Waals surface area contributed by atoms with Crippen LogP contribution in [0.3, 0.4) is 0 Å². The molecule has 0 aromatic carbocycles. The second-order valence-corrected chi connectivity index (χ2v) is 4.79. The predicted molar refractivity (Wildman–Crippen MR) is 57.2 cm³/mol. The minimum atomic E-state index is -0.567. The van der Waals surface area contributed by atoms with Gasteiger partial charge in [0.05, 0.1) is 5.41 Å². The third kappa shape index (κ3) is 1.79. The molecule has 0 saturated heterocycles. The fourth-order valence-electron chi connectivity index (χ4n) is 2.77. The average Bonchev–Trinajstić information content (AvgIpc) is 2.61. The van der Waals surface area contributed by atoms with Crippen LogP contribution in [0.25, 0.3) is 0 Å². The molecular weight excluding hydrogens is 176 g/mol. The molecule has 0 amide bonds. The first kappa shape index (κ1) is 11.5. The van der Waals surface area contributed by atoms with Gasteiger partial charge in [-0.05, 0) is 31.1 Å². The molecule has 2 nitrogen and oxygen atoms in total. The monoisotopic (exact) mass is 198 g/mol. The number of carboxylic acid groups (broad SMARTS) is 1. The molecular formula is C12H22O2. The number of hydrogen-bond acceptors (Lipinski definition) is 1. The maximum atomic E-state index is 11.4. The zero-order chi connectivity index (χ0) is 10.8. The molecule has 0 spiro atoms. The van der Waals surface area contributed by atoms with Crippen LogP contribution in [0.1, 0.15) is 52.9 Å². The zero-order valence-electron chi connectivity index (χ0n) is 9.55. The van der Waals surface area contributed by atoms with E-state index < -0.39 is 11.4 Å². The second-order valence-electron chi connectivity index (χ2n) is 4.79. The first-order valence-corrected chi connectivity index (χ1v) is 5.80. The van der Waals surface area contributed by atoms with E-state index in [9.17, 15) is 9.90 Å². The molecule has 1 saturated carbocycles. The van der Waals surface area contributed by atoms with E-state index in [2.05, 4.69) is 20.8 Å². The summed E-state index contributed by atoms with van der Waals surface area (Å²) in [5.74, 6) is 0.388. The van der Waals surface area contributed by atoms with E-state index in [4.69, 9.17) is 0 Å². The van der Waals surface area contributed by atoms with Crippen LogP contribution in [-0.2, 0) is 4.79 Å². The third-order valence-electron chi connectivity index (χ3n) is 4.21. The largest absolute Gasteiger partial charge is 0.481 e. The molecule has 3 atom stereocenters. The fourth-order valence-corrected chi connectivity index (χ4v) is 2.77. The van der Waals surface area contributed by atoms with Crippen molar-refractivity contribution in [3.8, 4) is 0 Å². The Kier molecular flexibility index (Phi) is 3.57. The molecule has 2 heteroatoms. The number of rotatable bonds is 4. The van der Waals surface area contributed by atoms with Crippen LogP contribution in [0.4, 0.5) is 0 Å². The van der Waals surface area contributed by atoms with Crippen LogP contribution < -0.4 is 0 Å². The van der Waals surface area contributed by atoms with E-state index >= 15 is 0 Å². The summed E-state index contributed by atoms with van der Waals surface area (Å²) < 4.78 is 0. The van der Waals surface area contributed by atoms with Crippen molar-refractivity contribution in [3.05, 3.63) is 0 Å². The summed E-state index contributed by atoms with van der Waals surface area (Å²) in [5, 5.41) is 9.38. The van der Waals surface area contributed by atoms with Gasteiger partial charge in [-0.25, -0.2) is 0 Å². The molecule has 0 aliphatic heterocycles. The van der Waals surface area contributed by atoms with Gasteiger partial charge in [0.15, 0.2) is 0 Å². The first-order valence-electron chi connectivity index (χ1n) is 5.80. The number of carbonyl (C=O) groups is 1. The highest BCUT2D eigenvalue weighted by atomic mass is 16.4. The Morgan fingerprint density at radius 2 is 2.21 bits per heavy atom. The summed E-state index contributed by atoms with van der Waals surface area (Å²) in [6, 6.07) is 0. The van der Waals surface area contributed by atoms with Crippen LogP contribution in [0.5, 0.6) is 0 Å². The van der Waals surface area contributed by atoms with Crippen molar-refractivity contribution < 1.29 is 9.90 Å². The van der Waals surface area contributed by atoms with Gasteiger partial charge in [-0.1, -0.05) is 33.6 Å². The normalized spacial score (nSPS) is 34.4. The topological polar surface area (TPSA) is 37.3 Å². The molecule has 3 unspecified atom stereocenters. The average molecular weight is 198 g/mol. The lowest BCUT2D eigenvalue weighted by Gasteiger charge is -2.30. The van der Waals surface area contributed by atoms with Gasteiger partial charge in [0.1, 0.15) is 0 Å². The van der Waals surface area contributed by atoms with Crippen LogP contribution in [0.15, 0.2) is 0 Å². The molecule has 14 heavy (non-hydrogen) atoms. The summed E-state index contributed by atoms with van der Waals surface area (Å²) in [7, 11) is 0. The van der Waals surface area contributed by atoms with E-state index in [0.717, 1.165) is 32.1 Å². The molecule has 0 aromatic heterocycles. The van der Waals surface area contributed by atoms with Gasteiger partial charge in [-0.3, -0.25) is 4.79 Å². The van der Waals surface area contributed by atoms with Crippen LogP contribution in [0.2, 0.25) is 0 Å². The Hall–Kier alpha value is -0.530. The Morgan fingerprint density at radius 1 is 1.57 bits per heavy atom. The molecule has 82 valence electrons. The van der Waals surface area contributed by atoms with Crippen molar-refractivity contribution in [2.45, 2.75) is 52.9 Å². The molecule has 0 heterocycles. The number of carboxylic acids is 1. The minimum absolute atomic E-state index is 0.316. The Balaban J connectivity index is 2.80. The standard InChI is InChI=1S/C12H22O2/c1-4-9(3)12(11(13)14)7-6-10(5-2)8-12/h9-10H,4-8H2,1-3H3,(H,13,14). The lowest BCUT2D eigenvalue weighted by atomic mass is 9.73. The summed E-state index contributed by atoms with van der Waals surface area (Å²) in [6.45, 7) is 6.35. The number of aliphatic carboxylic acids is 1. The summed E-state index contributed by atoms with van der Waals surface area (Å²) >= 11 is 0. The molecule has 1 N–H and O–H groups in total. The molecule has 0 radical (unpaired) electrons. The van der Waals surface area contributed by atoms with E-state index in [1.54, 1.807) is 0 Å². The maximum absolute atomic E-state index is 11.4. The van der Waals surface area contributed by atoms with Gasteiger partial charge in [0, 0.05) is 0 Å². The molecule has 1 rings (SSSR count). The second kappa shape index (κ2) is 4.33. The first-order chi connectivity index (χ1) is 6.56. The van der Waals surface area contributed by atoms with Gasteiger partial charge >= 0.3 is 5.97 Å². The molecule has 1 aliphatic rings. The Labute approximate surface area is 86.7 Å². The van der Waals surface area contributed by atoms with E-state index in [0.29, 0.717) is 11.8 Å². The molecule has 1 fully saturated rings. The van der Waals surface area contributed by atoms with Crippen molar-refractivity contribution in [1.29, 1.82) is 0 Å². The SMILES string of the molecule is CCC1CCC(C(=O)O)(C(C)CC)C1. The Bertz CT molecular complexity index is 212. The van der Waals surface area contributed by atoms with E-state index in [1.165, 1.54) is 0 Å². The Morgan fingerprint density at radius 3 is 2.57 bits per heavy atom. The molecule has 0 aromatic rings. The quantitative estimate of drug-likeness (QED) is 0.752. The summed E-state index contributed by atoms with van der Waals surface area (Å²) in [6.07, 6.45) is 4.99. The van der Waals surface area contributed by atoms with Crippen molar-refractivity contribution in [2.75, 3.05) is 0 Å². The summed E-state index contributed by atoms with van der Waals surface area (Å²) in [5.41, 5.74) is -0.407. The van der Waals surface area contributed by atoms with Crippen molar-refractivity contribution >= 4 is 5.97 Å². The van der Waals surface area contributed by atoms with Gasteiger partial charge in [0.25, 0.3) is 0 Å². The van der Waals surface area contributed by atoms with E-state index in [1.807, 2.05) is 0 Å². The van der Waals surface area contributed by atoms with Crippen molar-refractivity contribution in [3.63, 3.8) is 0 Å². The molecule has 1 aliphatic carbocycles. The van der Waals surface area contributed by atoms with Crippen molar-refractivity contribution in [2.24, 2.45) is 17.3 Å². The predicted octanol–water partition coefficient (Wildman–Crippen LogP) is 3.31. The summed E-state index contributed by atoms with van der Waals surface area (Å²) in [4.78, 5) is 11.4. The highest BCUT2D eigenvalue weighted by Crippen LogP contribution is 2.49. The van der Waals surface area contributed by atoms with Gasteiger partial charge in [-0.2, -0.15) is 0 Å².